The molecule has 0 saturated heterocycles. The fourth-order valence-electron chi connectivity index (χ4n) is 6.17. The highest BCUT2D eigenvalue weighted by Gasteiger charge is 2.41. The predicted octanol–water partition coefficient (Wildman–Crippen LogP) is 6.51. The smallest absolute Gasteiger partial charge is 0.305 e. The van der Waals surface area contributed by atoms with Gasteiger partial charge in [0.05, 0.1) is 12.6 Å². The monoisotopic (exact) mass is 630 g/mol. The first-order valence-electron chi connectivity index (χ1n) is 16.1. The molecule has 45 heavy (non-hydrogen) atoms. The van der Waals surface area contributed by atoms with Crippen molar-refractivity contribution >= 4 is 16.9 Å². The summed E-state index contributed by atoms with van der Waals surface area (Å²) in [4.78, 5) is 21.1. The third kappa shape index (κ3) is 9.24. The number of aromatic amines is 1. The number of likely N-dealkylation sites (N-methyl/N-ethyl adjacent to an activating group) is 2. The number of aromatic nitrogens is 1. The minimum Gasteiger partial charge on any atom is -0.492 e. The van der Waals surface area contributed by atoms with Crippen LogP contribution in [0.25, 0.3) is 10.9 Å². The van der Waals surface area contributed by atoms with E-state index in [9.17, 15) is 4.79 Å². The maximum Gasteiger partial charge on any atom is 0.305 e. The quantitative estimate of drug-likeness (QED) is 0.144. The number of benzene rings is 2. The number of carbonyl (C=O) groups excluding carboxylic acids is 1. The van der Waals surface area contributed by atoms with Crippen LogP contribution in [0.4, 0.5) is 13.2 Å². The Morgan fingerprint density at radius 1 is 1.04 bits per heavy atom. The number of fused-ring (bicyclic) bond motifs is 3. The van der Waals surface area contributed by atoms with Crippen LogP contribution in [-0.2, 0) is 16.0 Å². The molecule has 4 rings (SSSR count). The standard InChI is InChI=1S/C35H49F3N4O3/c1-7-44-31(43)14-10-11-15-40(5)16-17-41(6)18-19-45-25-21-28(36)32(29(37)22-25)34-33-27(26-12-8-9-13-30(26)39-33)20-24(2)42(34)23-35(3,4)38/h8-9,12-13,21-22,24,34,39H,7,10-11,14-20,23H2,1-6H3/t24-,34-/m1/s1. The summed E-state index contributed by atoms with van der Waals surface area (Å²) in [7, 11) is 4.02. The summed E-state index contributed by atoms with van der Waals surface area (Å²) in [5, 5.41) is 1.02. The van der Waals surface area contributed by atoms with Crippen molar-refractivity contribution < 1.29 is 27.4 Å². The average molecular weight is 631 g/mol. The van der Waals surface area contributed by atoms with Gasteiger partial charge in [0, 0.05) is 72.9 Å². The van der Waals surface area contributed by atoms with Gasteiger partial charge in [-0.3, -0.25) is 9.69 Å². The molecule has 248 valence electrons. The second-order valence-electron chi connectivity index (χ2n) is 12.9. The van der Waals surface area contributed by atoms with Crippen LogP contribution in [0, 0.1) is 11.6 Å². The number of H-pyrrole nitrogens is 1. The van der Waals surface area contributed by atoms with Crippen molar-refractivity contribution in [2.75, 3.05) is 60.0 Å². The minimum absolute atomic E-state index is 0.0277. The zero-order chi connectivity index (χ0) is 32.7. The molecule has 2 atom stereocenters. The molecule has 1 aromatic heterocycles. The van der Waals surface area contributed by atoms with E-state index in [1.807, 2.05) is 57.1 Å². The van der Waals surface area contributed by atoms with Gasteiger partial charge in [0.25, 0.3) is 0 Å². The third-order valence-corrected chi connectivity index (χ3v) is 8.48. The lowest BCUT2D eigenvalue weighted by atomic mass is 9.87. The number of hydrogen-bond acceptors (Lipinski definition) is 6. The summed E-state index contributed by atoms with van der Waals surface area (Å²) < 4.78 is 57.6. The highest BCUT2D eigenvalue weighted by Crippen LogP contribution is 2.43. The van der Waals surface area contributed by atoms with Gasteiger partial charge in [-0.25, -0.2) is 13.2 Å². The summed E-state index contributed by atoms with van der Waals surface area (Å²) in [5.74, 6) is -1.45. The van der Waals surface area contributed by atoms with Crippen molar-refractivity contribution in [3.63, 3.8) is 0 Å². The Balaban J connectivity index is 1.39. The van der Waals surface area contributed by atoms with E-state index in [0.717, 1.165) is 48.9 Å². The van der Waals surface area contributed by atoms with Crippen LogP contribution in [0.1, 0.15) is 69.8 Å². The number of carbonyl (C=O) groups is 1. The molecule has 0 unspecified atom stereocenters. The number of ether oxygens (including phenoxy) is 2. The maximum absolute atomic E-state index is 15.9. The fraction of sp³-hybridized carbons (Fsp3) is 0.571. The van der Waals surface area contributed by atoms with Crippen LogP contribution in [0.5, 0.6) is 5.75 Å². The maximum atomic E-state index is 15.9. The Morgan fingerprint density at radius 2 is 1.71 bits per heavy atom. The van der Waals surface area contributed by atoms with Gasteiger partial charge in [0.15, 0.2) is 0 Å². The number of alkyl halides is 1. The van der Waals surface area contributed by atoms with Crippen molar-refractivity contribution in [1.29, 1.82) is 0 Å². The first-order valence-corrected chi connectivity index (χ1v) is 16.1. The molecule has 0 fully saturated rings. The predicted molar refractivity (Wildman–Crippen MR) is 173 cm³/mol. The largest absolute Gasteiger partial charge is 0.492 e. The van der Waals surface area contributed by atoms with Gasteiger partial charge in [-0.05, 0) is 79.2 Å². The summed E-state index contributed by atoms with van der Waals surface area (Å²) in [6, 6.07) is 9.37. The number of esters is 1. The van der Waals surface area contributed by atoms with E-state index in [1.54, 1.807) is 0 Å². The van der Waals surface area contributed by atoms with Crippen molar-refractivity contribution in [2.45, 2.75) is 71.1 Å². The highest BCUT2D eigenvalue weighted by atomic mass is 19.1. The van der Waals surface area contributed by atoms with Gasteiger partial charge in [-0.1, -0.05) is 18.2 Å². The van der Waals surface area contributed by atoms with Crippen molar-refractivity contribution in [1.82, 2.24) is 19.7 Å². The van der Waals surface area contributed by atoms with E-state index >= 15 is 13.2 Å². The Labute approximate surface area is 265 Å². The molecule has 1 aliphatic rings. The number of nitrogens with one attached hydrogen (secondary N) is 1. The van der Waals surface area contributed by atoms with Gasteiger partial charge in [0.2, 0.25) is 0 Å². The molecule has 1 aliphatic heterocycles. The van der Waals surface area contributed by atoms with Gasteiger partial charge in [0.1, 0.15) is 29.7 Å². The summed E-state index contributed by atoms with van der Waals surface area (Å²) in [6.45, 7) is 10.6. The van der Waals surface area contributed by atoms with E-state index in [4.69, 9.17) is 9.47 Å². The van der Waals surface area contributed by atoms with E-state index in [-0.39, 0.29) is 36.5 Å². The number of halogens is 3. The molecular weight excluding hydrogens is 581 g/mol. The number of nitrogens with zero attached hydrogens (tertiary/aromatic N) is 3. The molecule has 0 saturated carbocycles. The first kappa shape index (κ1) is 34.8. The molecule has 0 aliphatic carbocycles. The van der Waals surface area contributed by atoms with E-state index in [1.165, 1.54) is 26.0 Å². The lowest BCUT2D eigenvalue weighted by Gasteiger charge is -2.43. The Bertz CT molecular complexity index is 1400. The molecule has 3 aromatic rings. The molecule has 0 radical (unpaired) electrons. The topological polar surface area (TPSA) is 61.0 Å². The molecule has 1 N–H and O–H groups in total. The van der Waals surface area contributed by atoms with Crippen molar-refractivity contribution in [3.05, 3.63) is 64.9 Å². The number of unbranched alkanes of at least 4 members (excludes halogenated alkanes) is 1. The summed E-state index contributed by atoms with van der Waals surface area (Å²) >= 11 is 0. The number of rotatable bonds is 16. The molecule has 0 amide bonds. The molecule has 0 bridgehead atoms. The zero-order valence-corrected chi connectivity index (χ0v) is 27.6. The Hall–Kier alpha value is -3.08. The van der Waals surface area contributed by atoms with E-state index in [2.05, 4.69) is 14.8 Å². The average Bonchev–Trinajstić information content (AvgIpc) is 3.33. The van der Waals surface area contributed by atoms with Crippen LogP contribution in [0.15, 0.2) is 36.4 Å². The van der Waals surface area contributed by atoms with Gasteiger partial charge in [-0.15, -0.1) is 0 Å². The molecule has 10 heteroatoms. The fourth-order valence-corrected chi connectivity index (χ4v) is 6.17. The van der Waals surface area contributed by atoms with Gasteiger partial charge < -0.3 is 24.3 Å². The minimum atomic E-state index is -1.56. The lowest BCUT2D eigenvalue weighted by molar-refractivity contribution is -0.143. The van der Waals surface area contributed by atoms with Gasteiger partial charge >= 0.3 is 5.97 Å². The van der Waals surface area contributed by atoms with Crippen LogP contribution >= 0.6 is 0 Å². The van der Waals surface area contributed by atoms with Crippen LogP contribution in [0.3, 0.4) is 0 Å². The van der Waals surface area contributed by atoms with E-state index < -0.39 is 23.3 Å². The second kappa shape index (κ2) is 15.5. The molecular formula is C35H49F3N4O3. The van der Waals surface area contributed by atoms with Crippen molar-refractivity contribution in [2.24, 2.45) is 0 Å². The van der Waals surface area contributed by atoms with E-state index in [0.29, 0.717) is 31.7 Å². The second-order valence-corrected chi connectivity index (χ2v) is 12.9. The van der Waals surface area contributed by atoms with Crippen molar-refractivity contribution in [3.8, 4) is 5.75 Å². The van der Waals surface area contributed by atoms with Gasteiger partial charge in [-0.2, -0.15) is 0 Å². The van der Waals surface area contributed by atoms with Crippen LogP contribution in [-0.4, -0.2) is 97.4 Å². The lowest BCUT2D eigenvalue weighted by Crippen LogP contribution is -2.48. The first-order chi connectivity index (χ1) is 21.4. The van der Waals surface area contributed by atoms with Crippen LogP contribution in [0.2, 0.25) is 0 Å². The summed E-state index contributed by atoms with van der Waals surface area (Å²) in [6.07, 6.45) is 2.81. The molecule has 7 nitrogen and oxygen atoms in total. The zero-order valence-electron chi connectivity index (χ0n) is 27.6. The number of hydrogen-bond donors (Lipinski definition) is 1. The third-order valence-electron chi connectivity index (χ3n) is 8.48. The summed E-state index contributed by atoms with van der Waals surface area (Å²) in [5.41, 5.74) is 0.951. The normalized spacial score (nSPS) is 17.3. The Morgan fingerprint density at radius 3 is 2.38 bits per heavy atom. The molecule has 0 spiro atoms. The highest BCUT2D eigenvalue weighted by molar-refractivity contribution is 5.85. The van der Waals surface area contributed by atoms with Crippen LogP contribution < -0.4 is 4.74 Å². The molecule has 2 aromatic carbocycles. The SMILES string of the molecule is CCOC(=O)CCCCN(C)CCN(C)CCOc1cc(F)c([C@@H]2c3[nH]c4ccccc4c3C[C@@H](C)N2CC(C)(C)F)c(F)c1. The number of para-hydroxylation sites is 1. The Kier molecular flexibility index (Phi) is 12.0. The molecule has 2 heterocycles.